The fraction of sp³-hybridized carbons (Fsp3) is 0.917. The van der Waals surface area contributed by atoms with Gasteiger partial charge in [0.15, 0.2) is 0 Å². The molecule has 0 amide bonds. The normalized spacial score (nSPS) is 35.1. The second-order valence-electron chi connectivity index (χ2n) is 5.91. The van der Waals surface area contributed by atoms with E-state index in [1.807, 2.05) is 0 Å². The lowest BCUT2D eigenvalue weighted by Gasteiger charge is -2.37. The van der Waals surface area contributed by atoms with Crippen LogP contribution in [-0.4, -0.2) is 35.6 Å². The zero-order valence-electron chi connectivity index (χ0n) is 9.70. The summed E-state index contributed by atoms with van der Waals surface area (Å²) in [6.45, 7) is 7.95. The topological polar surface area (TPSA) is 40.5 Å². The number of likely N-dealkylation sites (tertiary alicyclic amines) is 1. The molecule has 1 aliphatic carbocycles. The van der Waals surface area contributed by atoms with Crippen molar-refractivity contribution in [3.8, 4) is 0 Å². The molecule has 0 spiro atoms. The van der Waals surface area contributed by atoms with E-state index in [0.717, 1.165) is 26.1 Å². The number of nitrogens with zero attached hydrogens (tertiary/aromatic N) is 1. The molecule has 0 aromatic heterocycles. The molecule has 0 aromatic rings. The van der Waals surface area contributed by atoms with Crippen molar-refractivity contribution in [3.05, 3.63) is 0 Å². The molecule has 2 aliphatic rings. The number of hydrogen-bond acceptors (Lipinski definition) is 2. The summed E-state index contributed by atoms with van der Waals surface area (Å²) < 4.78 is 0. The van der Waals surface area contributed by atoms with Crippen molar-refractivity contribution in [1.82, 2.24) is 4.90 Å². The van der Waals surface area contributed by atoms with E-state index in [1.165, 1.54) is 12.8 Å². The molecule has 1 aliphatic heterocycles. The van der Waals surface area contributed by atoms with Gasteiger partial charge < -0.3 is 10.0 Å². The van der Waals surface area contributed by atoms with Crippen LogP contribution in [0, 0.1) is 17.3 Å². The molecule has 3 nitrogen and oxygen atoms in total. The van der Waals surface area contributed by atoms with Crippen LogP contribution in [0.2, 0.25) is 0 Å². The highest BCUT2D eigenvalue weighted by molar-refractivity contribution is 5.73. The first-order valence-electron chi connectivity index (χ1n) is 5.93. The van der Waals surface area contributed by atoms with Crippen molar-refractivity contribution in [3.63, 3.8) is 0 Å². The van der Waals surface area contributed by atoms with E-state index < -0.39 is 5.97 Å². The number of piperidine rings is 1. The second-order valence-corrected chi connectivity index (χ2v) is 5.91. The molecule has 0 aromatic carbocycles. The van der Waals surface area contributed by atoms with E-state index in [2.05, 4.69) is 18.7 Å². The maximum atomic E-state index is 10.7. The van der Waals surface area contributed by atoms with Gasteiger partial charge in [-0.3, -0.25) is 4.79 Å². The Hall–Kier alpha value is -0.570. The average molecular weight is 211 g/mol. The van der Waals surface area contributed by atoms with Gasteiger partial charge >= 0.3 is 5.97 Å². The van der Waals surface area contributed by atoms with Gasteiger partial charge in [-0.2, -0.15) is 0 Å². The summed E-state index contributed by atoms with van der Waals surface area (Å²) >= 11 is 0. The Morgan fingerprint density at radius 3 is 2.47 bits per heavy atom. The van der Waals surface area contributed by atoms with Gasteiger partial charge in [0.2, 0.25) is 0 Å². The molecule has 15 heavy (non-hydrogen) atoms. The van der Waals surface area contributed by atoms with Crippen molar-refractivity contribution >= 4 is 5.97 Å². The van der Waals surface area contributed by atoms with Crippen LogP contribution in [0.3, 0.4) is 0 Å². The first kappa shape index (κ1) is 10.9. The summed E-state index contributed by atoms with van der Waals surface area (Å²) in [6, 6.07) is 0. The van der Waals surface area contributed by atoms with E-state index >= 15 is 0 Å². The van der Waals surface area contributed by atoms with Crippen molar-refractivity contribution in [2.45, 2.75) is 33.1 Å². The van der Waals surface area contributed by atoms with Crippen LogP contribution >= 0.6 is 0 Å². The van der Waals surface area contributed by atoms with Crippen LogP contribution in [0.5, 0.6) is 0 Å². The number of carboxylic acids is 1. The Morgan fingerprint density at radius 1 is 1.40 bits per heavy atom. The third kappa shape index (κ3) is 2.71. The van der Waals surface area contributed by atoms with Gasteiger partial charge in [0.25, 0.3) is 0 Å². The highest BCUT2D eigenvalue weighted by Gasteiger charge is 2.44. The summed E-state index contributed by atoms with van der Waals surface area (Å²) in [4.78, 5) is 13.1. The lowest BCUT2D eigenvalue weighted by molar-refractivity contribution is -0.138. The monoisotopic (exact) mass is 211 g/mol. The molecule has 1 heterocycles. The Labute approximate surface area is 91.5 Å². The molecule has 0 radical (unpaired) electrons. The van der Waals surface area contributed by atoms with Gasteiger partial charge in [0.05, 0.1) is 5.92 Å². The van der Waals surface area contributed by atoms with E-state index in [4.69, 9.17) is 5.11 Å². The number of hydrogen-bond donors (Lipinski definition) is 1. The molecule has 0 bridgehead atoms. The van der Waals surface area contributed by atoms with Crippen molar-refractivity contribution < 1.29 is 9.90 Å². The quantitative estimate of drug-likeness (QED) is 0.774. The molecule has 2 rings (SSSR count). The largest absolute Gasteiger partial charge is 0.481 e. The fourth-order valence-electron chi connectivity index (χ4n) is 2.42. The minimum atomic E-state index is -0.600. The molecule has 2 fully saturated rings. The SMILES string of the molecule is CC1(C)CCN(CC2CC2C(=O)O)CC1. The van der Waals surface area contributed by atoms with Gasteiger partial charge in [0.1, 0.15) is 0 Å². The third-order valence-electron chi connectivity index (χ3n) is 3.94. The molecule has 3 heteroatoms. The minimum absolute atomic E-state index is 0.0417. The van der Waals surface area contributed by atoms with Gasteiger partial charge in [-0.25, -0.2) is 0 Å². The molecule has 1 saturated heterocycles. The van der Waals surface area contributed by atoms with E-state index in [-0.39, 0.29) is 5.92 Å². The van der Waals surface area contributed by atoms with Gasteiger partial charge in [-0.1, -0.05) is 13.8 Å². The molecule has 1 N–H and O–H groups in total. The van der Waals surface area contributed by atoms with Gasteiger partial charge in [-0.15, -0.1) is 0 Å². The van der Waals surface area contributed by atoms with Gasteiger partial charge in [-0.05, 0) is 43.7 Å². The first-order chi connectivity index (χ1) is 6.98. The highest BCUT2D eigenvalue weighted by atomic mass is 16.4. The Balaban J connectivity index is 1.72. The minimum Gasteiger partial charge on any atom is -0.481 e. The van der Waals surface area contributed by atoms with E-state index in [0.29, 0.717) is 11.3 Å². The summed E-state index contributed by atoms with van der Waals surface area (Å²) in [5, 5.41) is 8.82. The molecule has 2 atom stereocenters. The zero-order valence-corrected chi connectivity index (χ0v) is 9.70. The van der Waals surface area contributed by atoms with Crippen LogP contribution in [0.4, 0.5) is 0 Å². The summed E-state index contributed by atoms with van der Waals surface area (Å²) in [6.07, 6.45) is 3.39. The second kappa shape index (κ2) is 3.78. The van der Waals surface area contributed by atoms with Crippen LogP contribution in [0.25, 0.3) is 0 Å². The number of carboxylic acid groups (broad SMARTS) is 1. The fourth-order valence-corrected chi connectivity index (χ4v) is 2.42. The number of rotatable bonds is 3. The predicted octanol–water partition coefficient (Wildman–Crippen LogP) is 1.83. The van der Waals surface area contributed by atoms with Crippen LogP contribution in [0.15, 0.2) is 0 Å². The molecule has 2 unspecified atom stereocenters. The summed E-state index contributed by atoms with van der Waals surface area (Å²) in [5.41, 5.74) is 0.492. The van der Waals surface area contributed by atoms with Crippen LogP contribution in [0.1, 0.15) is 33.1 Å². The van der Waals surface area contributed by atoms with Crippen molar-refractivity contribution in [2.75, 3.05) is 19.6 Å². The lowest BCUT2D eigenvalue weighted by Crippen LogP contribution is -2.38. The molecule has 86 valence electrons. The average Bonchev–Trinajstić information content (AvgIpc) is 2.88. The highest BCUT2D eigenvalue weighted by Crippen LogP contribution is 2.40. The number of carbonyl (C=O) groups is 1. The smallest absolute Gasteiger partial charge is 0.306 e. The molecular weight excluding hydrogens is 190 g/mol. The maximum absolute atomic E-state index is 10.7. The summed E-state index contributed by atoms with van der Waals surface area (Å²) in [5.74, 6) is -0.207. The van der Waals surface area contributed by atoms with Crippen LogP contribution in [-0.2, 0) is 4.79 Å². The predicted molar refractivity (Wildman–Crippen MR) is 58.7 cm³/mol. The third-order valence-corrected chi connectivity index (χ3v) is 3.94. The Kier molecular flexibility index (Phi) is 2.75. The van der Waals surface area contributed by atoms with Crippen LogP contribution < -0.4 is 0 Å². The maximum Gasteiger partial charge on any atom is 0.306 e. The summed E-state index contributed by atoms with van der Waals surface area (Å²) in [7, 11) is 0. The molecular formula is C12H21NO2. The number of aliphatic carboxylic acids is 1. The van der Waals surface area contributed by atoms with Crippen molar-refractivity contribution in [1.29, 1.82) is 0 Å². The lowest BCUT2D eigenvalue weighted by atomic mass is 9.82. The Bertz CT molecular complexity index is 252. The van der Waals surface area contributed by atoms with Gasteiger partial charge in [0, 0.05) is 6.54 Å². The molecule has 1 saturated carbocycles. The van der Waals surface area contributed by atoms with Crippen molar-refractivity contribution in [2.24, 2.45) is 17.3 Å². The van der Waals surface area contributed by atoms with E-state index in [9.17, 15) is 4.79 Å². The first-order valence-corrected chi connectivity index (χ1v) is 5.93. The standard InChI is InChI=1S/C12H21NO2/c1-12(2)3-5-13(6-4-12)8-9-7-10(9)11(14)15/h9-10H,3-8H2,1-2H3,(H,14,15). The zero-order chi connectivity index (χ0) is 11.1. The van der Waals surface area contributed by atoms with E-state index in [1.54, 1.807) is 0 Å². The Morgan fingerprint density at radius 2 is 2.00 bits per heavy atom.